The summed E-state index contributed by atoms with van der Waals surface area (Å²) in [6.45, 7) is 5.31. The Hall–Kier alpha value is -1.63. The van der Waals surface area contributed by atoms with Crippen molar-refractivity contribution < 1.29 is 19.5 Å². The number of carboxylic acid groups (broad SMARTS) is 1. The van der Waals surface area contributed by atoms with E-state index in [-0.39, 0.29) is 24.3 Å². The Kier molecular flexibility index (Phi) is 5.75. The van der Waals surface area contributed by atoms with Gasteiger partial charge >= 0.3 is 5.97 Å². The molecule has 0 saturated carbocycles. The van der Waals surface area contributed by atoms with Gasteiger partial charge in [0, 0.05) is 33.1 Å². The predicted molar refractivity (Wildman–Crippen MR) is 68.4 cm³/mol. The fourth-order valence-electron chi connectivity index (χ4n) is 2.22. The number of carbonyl (C=O) groups excluding carboxylic acids is 2. The molecule has 0 spiro atoms. The van der Waals surface area contributed by atoms with Crippen molar-refractivity contribution >= 4 is 17.8 Å². The number of hydrogen-bond donors (Lipinski definition) is 3. The smallest absolute Gasteiger partial charge is 0.308 e. The summed E-state index contributed by atoms with van der Waals surface area (Å²) >= 11 is 0. The minimum Gasteiger partial charge on any atom is -0.481 e. The second kappa shape index (κ2) is 7.08. The van der Waals surface area contributed by atoms with Gasteiger partial charge in [0.2, 0.25) is 11.8 Å². The summed E-state index contributed by atoms with van der Waals surface area (Å²) in [4.78, 5) is 35.0. The summed E-state index contributed by atoms with van der Waals surface area (Å²) in [5.41, 5.74) is 0. The number of aliphatic carboxylic acids is 1. The maximum Gasteiger partial charge on any atom is 0.308 e. The van der Waals surface area contributed by atoms with E-state index >= 15 is 0 Å². The fraction of sp³-hybridized carbons (Fsp3) is 0.750. The maximum atomic E-state index is 11.6. The molecule has 2 atom stereocenters. The van der Waals surface area contributed by atoms with E-state index in [0.717, 1.165) is 0 Å². The molecular weight excluding hydrogens is 250 g/mol. The number of hydrogen-bond acceptors (Lipinski definition) is 4. The molecule has 1 rings (SSSR count). The van der Waals surface area contributed by atoms with Crippen molar-refractivity contribution in [2.75, 3.05) is 32.7 Å². The van der Waals surface area contributed by atoms with Crippen LogP contribution in [0, 0.1) is 11.8 Å². The topological polar surface area (TPSA) is 98.7 Å². The molecule has 7 heteroatoms. The molecule has 1 saturated heterocycles. The SMILES string of the molecule is CC(=O)NCCNC(=O)CN1C[C@@H](C)[C@H](C(=O)O)C1. The van der Waals surface area contributed by atoms with Crippen molar-refractivity contribution in [2.24, 2.45) is 11.8 Å². The third kappa shape index (κ3) is 5.25. The Morgan fingerprint density at radius 3 is 2.37 bits per heavy atom. The molecule has 3 N–H and O–H groups in total. The lowest BCUT2D eigenvalue weighted by Crippen LogP contribution is -2.39. The van der Waals surface area contributed by atoms with E-state index < -0.39 is 11.9 Å². The van der Waals surface area contributed by atoms with E-state index in [4.69, 9.17) is 5.11 Å². The molecule has 1 heterocycles. The van der Waals surface area contributed by atoms with Crippen LogP contribution in [0.15, 0.2) is 0 Å². The van der Waals surface area contributed by atoms with E-state index in [1.165, 1.54) is 6.92 Å². The number of carboxylic acids is 1. The first-order chi connectivity index (χ1) is 8.90. The summed E-state index contributed by atoms with van der Waals surface area (Å²) in [6, 6.07) is 0. The van der Waals surface area contributed by atoms with Gasteiger partial charge in [-0.3, -0.25) is 19.3 Å². The molecule has 19 heavy (non-hydrogen) atoms. The minimum absolute atomic E-state index is 0.0599. The first kappa shape index (κ1) is 15.4. The molecule has 7 nitrogen and oxygen atoms in total. The van der Waals surface area contributed by atoms with Crippen LogP contribution in [0.1, 0.15) is 13.8 Å². The van der Waals surface area contributed by atoms with Crippen molar-refractivity contribution in [3.05, 3.63) is 0 Å². The molecule has 1 fully saturated rings. The van der Waals surface area contributed by atoms with Gasteiger partial charge in [0.25, 0.3) is 0 Å². The second-order valence-corrected chi connectivity index (χ2v) is 4.95. The van der Waals surface area contributed by atoms with Gasteiger partial charge in [-0.15, -0.1) is 0 Å². The van der Waals surface area contributed by atoms with Crippen LogP contribution in [0.4, 0.5) is 0 Å². The molecule has 1 aliphatic rings. The van der Waals surface area contributed by atoms with Gasteiger partial charge in [0.15, 0.2) is 0 Å². The minimum atomic E-state index is -0.805. The molecule has 0 aliphatic carbocycles. The standard InChI is InChI=1S/C12H21N3O4/c1-8-5-15(6-10(8)12(18)19)7-11(17)14-4-3-13-9(2)16/h8,10H,3-7H2,1-2H3,(H,13,16)(H,14,17)(H,18,19)/t8-,10-/m1/s1. The average Bonchev–Trinajstić information content (AvgIpc) is 2.65. The molecular formula is C12H21N3O4. The van der Waals surface area contributed by atoms with E-state index in [0.29, 0.717) is 26.2 Å². The lowest BCUT2D eigenvalue weighted by atomic mass is 9.99. The van der Waals surface area contributed by atoms with Crippen molar-refractivity contribution in [3.8, 4) is 0 Å². The van der Waals surface area contributed by atoms with Crippen molar-refractivity contribution in [1.82, 2.24) is 15.5 Å². The number of amides is 2. The van der Waals surface area contributed by atoms with Crippen LogP contribution in [0.2, 0.25) is 0 Å². The van der Waals surface area contributed by atoms with Gasteiger partial charge in [0.1, 0.15) is 0 Å². The third-order valence-electron chi connectivity index (χ3n) is 3.19. The predicted octanol–water partition coefficient (Wildman–Crippen LogP) is -1.11. The van der Waals surface area contributed by atoms with E-state index in [1.54, 1.807) is 0 Å². The molecule has 0 bridgehead atoms. The van der Waals surface area contributed by atoms with Crippen molar-refractivity contribution in [1.29, 1.82) is 0 Å². The monoisotopic (exact) mass is 271 g/mol. The molecule has 108 valence electrons. The number of rotatable bonds is 6. The molecule has 0 aromatic heterocycles. The fourth-order valence-corrected chi connectivity index (χ4v) is 2.22. The van der Waals surface area contributed by atoms with Crippen LogP contribution >= 0.6 is 0 Å². The van der Waals surface area contributed by atoms with Gasteiger partial charge in [-0.05, 0) is 5.92 Å². The Balaban J connectivity index is 2.23. The lowest BCUT2D eigenvalue weighted by molar-refractivity contribution is -0.142. The molecule has 0 unspecified atom stereocenters. The van der Waals surface area contributed by atoms with Gasteiger partial charge in [0.05, 0.1) is 12.5 Å². The summed E-state index contributed by atoms with van der Waals surface area (Å²) < 4.78 is 0. The second-order valence-electron chi connectivity index (χ2n) is 4.95. The Morgan fingerprint density at radius 2 is 1.84 bits per heavy atom. The highest BCUT2D eigenvalue weighted by Gasteiger charge is 2.35. The number of nitrogens with one attached hydrogen (secondary N) is 2. The van der Waals surface area contributed by atoms with Gasteiger partial charge < -0.3 is 15.7 Å². The summed E-state index contributed by atoms with van der Waals surface area (Å²) in [5.74, 6) is -1.42. The average molecular weight is 271 g/mol. The van der Waals surface area contributed by atoms with Crippen LogP contribution < -0.4 is 10.6 Å². The van der Waals surface area contributed by atoms with Crippen molar-refractivity contribution in [3.63, 3.8) is 0 Å². The summed E-state index contributed by atoms with van der Waals surface area (Å²) in [7, 11) is 0. The summed E-state index contributed by atoms with van der Waals surface area (Å²) in [5, 5.41) is 14.3. The molecule has 0 aromatic carbocycles. The Labute approximate surface area is 112 Å². The maximum absolute atomic E-state index is 11.6. The van der Waals surface area contributed by atoms with E-state index in [2.05, 4.69) is 10.6 Å². The third-order valence-corrected chi connectivity index (χ3v) is 3.19. The normalized spacial score (nSPS) is 23.1. The quantitative estimate of drug-likeness (QED) is 0.532. The molecule has 2 amide bonds. The van der Waals surface area contributed by atoms with Crippen LogP contribution in [0.3, 0.4) is 0 Å². The van der Waals surface area contributed by atoms with Crippen LogP contribution in [-0.4, -0.2) is 60.5 Å². The highest BCUT2D eigenvalue weighted by atomic mass is 16.4. The van der Waals surface area contributed by atoms with E-state index in [1.807, 2.05) is 11.8 Å². The number of likely N-dealkylation sites (tertiary alicyclic amines) is 1. The number of carbonyl (C=O) groups is 3. The number of nitrogens with zero attached hydrogens (tertiary/aromatic N) is 1. The highest BCUT2D eigenvalue weighted by molar-refractivity contribution is 5.78. The van der Waals surface area contributed by atoms with Gasteiger partial charge in [-0.25, -0.2) is 0 Å². The Morgan fingerprint density at radius 1 is 1.21 bits per heavy atom. The lowest BCUT2D eigenvalue weighted by Gasteiger charge is -2.14. The molecule has 0 radical (unpaired) electrons. The van der Waals surface area contributed by atoms with Crippen LogP contribution in [0.25, 0.3) is 0 Å². The summed E-state index contributed by atoms with van der Waals surface area (Å²) in [6.07, 6.45) is 0. The largest absolute Gasteiger partial charge is 0.481 e. The zero-order valence-corrected chi connectivity index (χ0v) is 11.3. The molecule has 0 aromatic rings. The van der Waals surface area contributed by atoms with Crippen LogP contribution in [0.5, 0.6) is 0 Å². The van der Waals surface area contributed by atoms with E-state index in [9.17, 15) is 14.4 Å². The Bertz CT molecular complexity index is 359. The van der Waals surface area contributed by atoms with Crippen LogP contribution in [-0.2, 0) is 14.4 Å². The highest BCUT2D eigenvalue weighted by Crippen LogP contribution is 2.22. The van der Waals surface area contributed by atoms with Gasteiger partial charge in [-0.1, -0.05) is 6.92 Å². The zero-order valence-electron chi connectivity index (χ0n) is 11.3. The zero-order chi connectivity index (χ0) is 14.4. The van der Waals surface area contributed by atoms with Gasteiger partial charge in [-0.2, -0.15) is 0 Å². The first-order valence-electron chi connectivity index (χ1n) is 6.36. The van der Waals surface area contributed by atoms with Crippen molar-refractivity contribution in [2.45, 2.75) is 13.8 Å². The molecule has 1 aliphatic heterocycles. The first-order valence-corrected chi connectivity index (χ1v) is 6.36.